The lowest BCUT2D eigenvalue weighted by atomic mass is 13.3. The molecule has 0 atom stereocenters. The van der Waals surface area contributed by atoms with Crippen LogP contribution in [0.1, 0.15) is 0 Å². The van der Waals surface area contributed by atoms with Gasteiger partial charge in [0.25, 0.3) is 0 Å². The first kappa shape index (κ1) is 4.58. The van der Waals surface area contributed by atoms with Crippen molar-refractivity contribution in [3.05, 3.63) is 4.91 Å². The van der Waals surface area contributed by atoms with E-state index in [9.17, 15) is 0 Å². The van der Waals surface area contributed by atoms with Crippen LogP contribution in [0.15, 0.2) is 0 Å². The maximum Gasteiger partial charge on any atom is 0.161 e. The Morgan fingerprint density at radius 2 is 2.20 bits per heavy atom. The van der Waals surface area contributed by atoms with Crippen LogP contribution in [0.5, 0.6) is 0 Å². The zero-order valence-corrected chi connectivity index (χ0v) is 2.94. The lowest BCUT2D eigenvalue weighted by Crippen LogP contribution is -1.92. The minimum absolute atomic E-state index is 0.486. The molecule has 5 heavy (non-hydrogen) atoms. The van der Waals surface area contributed by atoms with Gasteiger partial charge in [-0.15, -0.1) is 5.26 Å². The third-order valence-corrected chi connectivity index (χ3v) is 0.133. The third kappa shape index (κ3) is 3.58. The first-order valence-electron chi connectivity index (χ1n) is 0.730. The molecule has 30 valence electrons. The van der Waals surface area contributed by atoms with Gasteiger partial charge >= 0.3 is 0 Å². The van der Waals surface area contributed by atoms with Crippen LogP contribution in [0.25, 0.3) is 0 Å². The molecule has 0 fully saturated rings. The maximum atomic E-state index is 9.07. The van der Waals surface area contributed by atoms with Gasteiger partial charge in [0.05, 0.1) is 4.91 Å². The number of rotatable bonds is 1. The summed E-state index contributed by atoms with van der Waals surface area (Å²) in [7, 11) is 0. The summed E-state index contributed by atoms with van der Waals surface area (Å²) in [6.45, 7) is 0. The average molecular weight is 95.1 g/mol. The van der Waals surface area contributed by atoms with Gasteiger partial charge in [-0.1, -0.05) is 4.99 Å². The van der Waals surface area contributed by atoms with Crippen molar-refractivity contribution in [1.82, 2.24) is 0 Å². The van der Waals surface area contributed by atoms with Crippen LogP contribution in [-0.4, -0.2) is 9.59 Å². The van der Waals surface area contributed by atoms with Crippen LogP contribution in [0.3, 0.4) is 0 Å². The Balaban J connectivity index is 2.85. The minimum atomic E-state index is -0.486. The topological polar surface area (TPSA) is 49.5 Å². The molecule has 0 heterocycles. The fourth-order valence-corrected chi connectivity index (χ4v) is 0. The van der Waals surface area contributed by atoms with Crippen molar-refractivity contribution in [2.45, 2.75) is 0 Å². The summed E-state index contributed by atoms with van der Waals surface area (Å²) in [5.41, 5.74) is 0. The average Bonchev–Trinajstić information content (AvgIpc) is 1.38. The largest absolute Gasteiger partial charge is 0.302 e. The SMILES string of the molecule is O=[N+]([S-])OO. The molecule has 0 aliphatic rings. The molecule has 0 radical (unpaired) electrons. The number of nitrogens with zero attached hydrogens (tertiary/aromatic N) is 1. The first-order valence-corrected chi connectivity index (χ1v) is 1.10. The Labute approximate surface area is 33.4 Å². The van der Waals surface area contributed by atoms with Crippen LogP contribution in [-0.2, 0) is 17.8 Å². The molecule has 0 bridgehead atoms. The van der Waals surface area contributed by atoms with Crippen molar-refractivity contribution in [1.29, 1.82) is 0 Å². The quantitative estimate of drug-likeness (QED) is 0.274. The van der Waals surface area contributed by atoms with Gasteiger partial charge in [-0.05, 0) is 0 Å². The highest BCUT2D eigenvalue weighted by molar-refractivity contribution is 7.51. The molecular weight excluding hydrogens is 94.1 g/mol. The predicted octanol–water partition coefficient (Wildman–Crippen LogP) is -0.368. The summed E-state index contributed by atoms with van der Waals surface area (Å²) in [6, 6.07) is 0. The molecule has 0 amide bonds. The molecule has 0 aliphatic heterocycles. The summed E-state index contributed by atoms with van der Waals surface area (Å²) in [6.07, 6.45) is 0. The highest BCUT2D eigenvalue weighted by Gasteiger charge is 1.74. The van der Waals surface area contributed by atoms with Crippen LogP contribution in [0.4, 0.5) is 0 Å². The molecule has 1 N–H and O–H groups in total. The van der Waals surface area contributed by atoms with E-state index in [1.54, 1.807) is 0 Å². The highest BCUT2D eigenvalue weighted by atomic mass is 32.1. The van der Waals surface area contributed by atoms with Crippen molar-refractivity contribution in [2.24, 2.45) is 0 Å². The maximum absolute atomic E-state index is 9.07. The van der Waals surface area contributed by atoms with Crippen LogP contribution >= 0.6 is 0 Å². The highest BCUT2D eigenvalue weighted by Crippen LogP contribution is 1.56. The molecule has 0 saturated heterocycles. The lowest BCUT2D eigenvalue weighted by Gasteiger charge is -1.74. The van der Waals surface area contributed by atoms with E-state index in [4.69, 9.17) is 10.2 Å². The van der Waals surface area contributed by atoms with Gasteiger partial charge in [-0.2, -0.15) is 0 Å². The van der Waals surface area contributed by atoms with Gasteiger partial charge in [-0.25, -0.2) is 0 Å². The Morgan fingerprint density at radius 1 is 2.00 bits per heavy atom. The van der Waals surface area contributed by atoms with E-state index in [2.05, 4.69) is 17.8 Å². The molecule has 0 aliphatic carbocycles. The first-order chi connectivity index (χ1) is 2.27. The molecule has 0 aromatic heterocycles. The van der Waals surface area contributed by atoms with Crippen molar-refractivity contribution < 1.29 is 14.6 Å². The summed E-state index contributed by atoms with van der Waals surface area (Å²) in [5.74, 6) is 0. The molecule has 0 spiro atoms. The third-order valence-electron chi connectivity index (χ3n) is 0.0667. The summed E-state index contributed by atoms with van der Waals surface area (Å²) >= 11 is 3.59. The molecule has 0 saturated carbocycles. The van der Waals surface area contributed by atoms with E-state index in [0.717, 1.165) is 0 Å². The van der Waals surface area contributed by atoms with Gasteiger partial charge < -0.3 is 12.8 Å². The van der Waals surface area contributed by atoms with Gasteiger partial charge in [0, 0.05) is 0 Å². The van der Waals surface area contributed by atoms with Gasteiger partial charge in [0.2, 0.25) is 0 Å². The second-order valence-corrected chi connectivity index (χ2v) is 0.603. The Morgan fingerprint density at radius 3 is 2.20 bits per heavy atom. The van der Waals surface area contributed by atoms with Crippen molar-refractivity contribution >= 4 is 12.8 Å². The second kappa shape index (κ2) is 1.86. The molecule has 5 heteroatoms. The normalized spacial score (nSPS) is 6.60. The summed E-state index contributed by atoms with van der Waals surface area (Å²) in [5, 5.41) is 7.15. The van der Waals surface area contributed by atoms with Crippen molar-refractivity contribution in [3.8, 4) is 0 Å². The minimum Gasteiger partial charge on any atom is -0.302 e. The van der Waals surface area contributed by atoms with Gasteiger partial charge in [0.1, 0.15) is 0 Å². The van der Waals surface area contributed by atoms with E-state index in [1.807, 2.05) is 0 Å². The van der Waals surface area contributed by atoms with Crippen LogP contribution in [0, 0.1) is 4.91 Å². The molecule has 0 aromatic carbocycles. The van der Waals surface area contributed by atoms with Crippen LogP contribution in [0.2, 0.25) is 0 Å². The van der Waals surface area contributed by atoms with E-state index >= 15 is 0 Å². The van der Waals surface area contributed by atoms with E-state index in [0.29, 0.717) is 0 Å². The Kier molecular flexibility index (Phi) is 1.70. The molecule has 4 nitrogen and oxygen atoms in total. The fourth-order valence-electron chi connectivity index (χ4n) is 0. The zero-order chi connectivity index (χ0) is 4.28. The molecular formula is HNO3S. The fraction of sp³-hybridized carbons (Fsp3) is 0. The van der Waals surface area contributed by atoms with Gasteiger partial charge in [0.15, 0.2) is 4.33 Å². The zero-order valence-electron chi connectivity index (χ0n) is 2.12. The number of hydrogen-bond donors (Lipinski definition) is 1. The molecule has 0 rings (SSSR count). The van der Waals surface area contributed by atoms with E-state index in [1.165, 1.54) is 0 Å². The van der Waals surface area contributed by atoms with Crippen molar-refractivity contribution in [3.63, 3.8) is 0 Å². The molecule has 0 aromatic rings. The van der Waals surface area contributed by atoms with E-state index < -0.39 is 4.33 Å². The smallest absolute Gasteiger partial charge is 0.161 e. The second-order valence-electron chi connectivity index (χ2n) is 0.305. The van der Waals surface area contributed by atoms with Gasteiger partial charge in [-0.3, -0.25) is 0 Å². The standard InChI is InChI=1S/HNO3S/c2-1(5)4-3/h3H. The van der Waals surface area contributed by atoms with Crippen LogP contribution < -0.4 is 0 Å². The Hall–Kier alpha value is -0.420. The summed E-state index contributed by atoms with van der Waals surface area (Å²) < 4.78 is -0.486. The van der Waals surface area contributed by atoms with Crippen molar-refractivity contribution in [2.75, 3.05) is 0 Å². The Bertz CT molecular complexity index is 42.2. The molecule has 0 unspecified atom stereocenters. The predicted molar refractivity (Wildman–Crippen MR) is 14.7 cm³/mol. The number of hydrogen-bond acceptors (Lipinski definition) is 4. The monoisotopic (exact) mass is 95.0 g/mol. The van der Waals surface area contributed by atoms with E-state index in [-0.39, 0.29) is 0 Å². The lowest BCUT2D eigenvalue weighted by molar-refractivity contribution is -0.784. The summed E-state index contributed by atoms with van der Waals surface area (Å²) in [4.78, 5) is 11.9.